The second kappa shape index (κ2) is 4.19. The monoisotopic (exact) mass is 266 g/mol. The van der Waals surface area contributed by atoms with Gasteiger partial charge in [-0.2, -0.15) is 0 Å². The number of ketones is 1. The van der Waals surface area contributed by atoms with Crippen LogP contribution in [0.3, 0.4) is 0 Å². The highest BCUT2D eigenvalue weighted by atomic mass is 79.9. The lowest BCUT2D eigenvalue weighted by Gasteiger charge is -2.05. The molecular weight excluding hydrogens is 256 g/mol. The molecule has 0 amide bonds. The third kappa shape index (κ3) is 2.12. The predicted molar refractivity (Wildman–Crippen MR) is 61.9 cm³/mol. The molecule has 0 radical (unpaired) electrons. The van der Waals surface area contributed by atoms with Gasteiger partial charge in [-0.15, -0.1) is 0 Å². The molecule has 0 fully saturated rings. The first kappa shape index (κ1) is 10.4. The third-order valence-electron chi connectivity index (χ3n) is 2.30. The van der Waals surface area contributed by atoms with Gasteiger partial charge in [-0.05, 0) is 30.7 Å². The van der Waals surface area contributed by atoms with Crippen molar-refractivity contribution in [2.75, 3.05) is 6.61 Å². The Balaban J connectivity index is 2.33. The minimum absolute atomic E-state index is 0.0422. The van der Waals surface area contributed by atoms with Gasteiger partial charge in [0.1, 0.15) is 0 Å². The molecule has 0 N–H and O–H groups in total. The van der Waals surface area contributed by atoms with Crippen LogP contribution in [0.1, 0.15) is 22.3 Å². The highest BCUT2D eigenvalue weighted by molar-refractivity contribution is 9.10. The number of carbonyl (C=O) groups excluding carboxylic acids is 1. The number of Topliss-reactive ketones (excluding diaryl/α,β-unsaturated/α-hetero) is 1. The molecule has 2 rings (SSSR count). The lowest BCUT2D eigenvalue weighted by molar-refractivity contribution is 0.0941. The van der Waals surface area contributed by atoms with Crippen LogP contribution in [-0.2, 0) is 4.74 Å². The van der Waals surface area contributed by atoms with Gasteiger partial charge in [-0.1, -0.05) is 22.0 Å². The zero-order valence-corrected chi connectivity index (χ0v) is 10.0. The van der Waals surface area contributed by atoms with E-state index in [1.807, 2.05) is 31.2 Å². The molecule has 78 valence electrons. The van der Waals surface area contributed by atoms with Gasteiger partial charge in [-0.3, -0.25) is 4.79 Å². The van der Waals surface area contributed by atoms with Crippen LogP contribution in [0, 0.1) is 6.92 Å². The van der Waals surface area contributed by atoms with E-state index in [2.05, 4.69) is 15.9 Å². The average molecular weight is 267 g/mol. The van der Waals surface area contributed by atoms with E-state index in [4.69, 9.17) is 4.74 Å². The smallest absolute Gasteiger partial charge is 0.228 e. The van der Waals surface area contributed by atoms with Crippen molar-refractivity contribution in [1.82, 2.24) is 0 Å². The van der Waals surface area contributed by atoms with Gasteiger partial charge in [0.05, 0.1) is 6.61 Å². The first-order valence-electron chi connectivity index (χ1n) is 4.82. The number of hydrogen-bond donors (Lipinski definition) is 0. The topological polar surface area (TPSA) is 26.3 Å². The Bertz CT molecular complexity index is 435. The number of benzene rings is 1. The van der Waals surface area contributed by atoms with Crippen LogP contribution < -0.4 is 0 Å². The molecule has 0 unspecified atom stereocenters. The van der Waals surface area contributed by atoms with Crippen LogP contribution in [0.25, 0.3) is 0 Å². The molecule has 0 aromatic heterocycles. The molecule has 0 saturated carbocycles. The quantitative estimate of drug-likeness (QED) is 0.769. The fourth-order valence-electron chi connectivity index (χ4n) is 1.51. The van der Waals surface area contributed by atoms with E-state index in [1.165, 1.54) is 0 Å². The molecule has 15 heavy (non-hydrogen) atoms. The molecule has 0 saturated heterocycles. The minimum atomic E-state index is -0.0422. The van der Waals surface area contributed by atoms with Crippen molar-refractivity contribution < 1.29 is 9.53 Å². The Morgan fingerprint density at radius 2 is 2.27 bits per heavy atom. The van der Waals surface area contributed by atoms with E-state index in [0.717, 1.165) is 16.5 Å². The summed E-state index contributed by atoms with van der Waals surface area (Å²) in [6, 6.07) is 5.68. The summed E-state index contributed by atoms with van der Waals surface area (Å²) in [4.78, 5) is 12.0. The second-order valence-electron chi connectivity index (χ2n) is 3.52. The lowest BCUT2D eigenvalue weighted by Crippen LogP contribution is -2.04. The molecular formula is C12H11BrO2. The minimum Gasteiger partial charge on any atom is -0.489 e. The number of aryl methyl sites for hydroxylation is 1. The Hall–Kier alpha value is -1.09. The van der Waals surface area contributed by atoms with Gasteiger partial charge in [-0.25, -0.2) is 0 Å². The highest BCUT2D eigenvalue weighted by Crippen LogP contribution is 2.23. The molecule has 0 aliphatic carbocycles. The predicted octanol–water partition coefficient (Wildman–Crippen LogP) is 3.24. The van der Waals surface area contributed by atoms with E-state index < -0.39 is 0 Å². The zero-order chi connectivity index (χ0) is 10.8. The van der Waals surface area contributed by atoms with E-state index in [0.29, 0.717) is 17.9 Å². The van der Waals surface area contributed by atoms with Crippen molar-refractivity contribution in [2.45, 2.75) is 13.3 Å². The van der Waals surface area contributed by atoms with Gasteiger partial charge >= 0.3 is 0 Å². The fourth-order valence-corrected chi connectivity index (χ4v) is 2.19. The number of hydrogen-bond acceptors (Lipinski definition) is 2. The number of rotatable bonds is 2. The van der Waals surface area contributed by atoms with Crippen LogP contribution in [0.4, 0.5) is 0 Å². The van der Waals surface area contributed by atoms with Crippen LogP contribution in [0.5, 0.6) is 0 Å². The molecule has 1 heterocycles. The fraction of sp³-hybridized carbons (Fsp3) is 0.250. The van der Waals surface area contributed by atoms with Crippen molar-refractivity contribution >= 4 is 21.7 Å². The normalized spacial score (nSPS) is 14.7. The summed E-state index contributed by atoms with van der Waals surface area (Å²) in [5, 5.41) is 0. The first-order chi connectivity index (χ1) is 7.18. The maximum absolute atomic E-state index is 12.0. The Labute approximate surface area is 97.1 Å². The van der Waals surface area contributed by atoms with E-state index in [1.54, 1.807) is 0 Å². The van der Waals surface area contributed by atoms with Crippen molar-refractivity contribution in [3.63, 3.8) is 0 Å². The molecule has 0 bridgehead atoms. The molecule has 1 aromatic rings. The summed E-state index contributed by atoms with van der Waals surface area (Å²) in [5.41, 5.74) is 1.79. The van der Waals surface area contributed by atoms with Gasteiger partial charge in [0, 0.05) is 16.5 Å². The maximum atomic E-state index is 12.0. The maximum Gasteiger partial charge on any atom is 0.228 e. The zero-order valence-electron chi connectivity index (χ0n) is 8.42. The summed E-state index contributed by atoms with van der Waals surface area (Å²) in [6.45, 7) is 2.61. The van der Waals surface area contributed by atoms with Gasteiger partial charge in [0.25, 0.3) is 0 Å². The second-order valence-corrected chi connectivity index (χ2v) is 4.37. The van der Waals surface area contributed by atoms with Gasteiger partial charge in [0.15, 0.2) is 5.76 Å². The van der Waals surface area contributed by atoms with Crippen LogP contribution in [-0.4, -0.2) is 12.4 Å². The SMILES string of the molecule is Cc1ccc(C(=O)C2=CCCO2)c(Br)c1. The number of halogens is 1. The summed E-state index contributed by atoms with van der Waals surface area (Å²) < 4.78 is 6.07. The van der Waals surface area contributed by atoms with E-state index in [9.17, 15) is 4.79 Å². The molecule has 1 aliphatic rings. The summed E-state index contributed by atoms with van der Waals surface area (Å²) >= 11 is 3.39. The molecule has 0 atom stereocenters. The molecule has 1 aromatic carbocycles. The number of carbonyl (C=O) groups is 1. The van der Waals surface area contributed by atoms with Crippen LogP contribution in [0.2, 0.25) is 0 Å². The van der Waals surface area contributed by atoms with Crippen molar-refractivity contribution in [1.29, 1.82) is 0 Å². The van der Waals surface area contributed by atoms with E-state index in [-0.39, 0.29) is 5.78 Å². The summed E-state index contributed by atoms with van der Waals surface area (Å²) in [6.07, 6.45) is 2.67. The van der Waals surface area contributed by atoms with Gasteiger partial charge < -0.3 is 4.74 Å². The third-order valence-corrected chi connectivity index (χ3v) is 2.95. The average Bonchev–Trinajstić information content (AvgIpc) is 2.69. The standard InChI is InChI=1S/C12H11BrO2/c1-8-4-5-9(10(13)7-8)12(14)11-3-2-6-15-11/h3-5,7H,2,6H2,1H3. The van der Waals surface area contributed by atoms with Crippen molar-refractivity contribution in [2.24, 2.45) is 0 Å². The Kier molecular flexibility index (Phi) is 2.91. The van der Waals surface area contributed by atoms with Crippen LogP contribution >= 0.6 is 15.9 Å². The Morgan fingerprint density at radius 3 is 2.87 bits per heavy atom. The number of ether oxygens (including phenoxy) is 1. The highest BCUT2D eigenvalue weighted by Gasteiger charge is 2.18. The number of allylic oxidation sites excluding steroid dienone is 1. The molecule has 3 heteroatoms. The molecule has 2 nitrogen and oxygen atoms in total. The van der Waals surface area contributed by atoms with E-state index >= 15 is 0 Å². The largest absolute Gasteiger partial charge is 0.489 e. The van der Waals surface area contributed by atoms with Crippen LogP contribution in [0.15, 0.2) is 34.5 Å². The lowest BCUT2D eigenvalue weighted by atomic mass is 10.1. The summed E-state index contributed by atoms with van der Waals surface area (Å²) in [5.74, 6) is 0.430. The first-order valence-corrected chi connectivity index (χ1v) is 5.61. The van der Waals surface area contributed by atoms with Crippen molar-refractivity contribution in [3.05, 3.63) is 45.6 Å². The van der Waals surface area contributed by atoms with Crippen molar-refractivity contribution in [3.8, 4) is 0 Å². The Morgan fingerprint density at radius 1 is 1.47 bits per heavy atom. The summed E-state index contributed by atoms with van der Waals surface area (Å²) in [7, 11) is 0. The molecule has 0 spiro atoms. The van der Waals surface area contributed by atoms with Gasteiger partial charge in [0.2, 0.25) is 5.78 Å². The molecule has 1 aliphatic heterocycles.